The lowest BCUT2D eigenvalue weighted by Gasteiger charge is -2.12. The Morgan fingerprint density at radius 3 is 1.58 bits per heavy atom. The standard InChI is InChI=1S/C28H30N4O4S2/c1-35-15-11-25(33)31-17-19-9-13-29-27-21(19)5-3-7-23(27)37-38-24-8-4-6-22-20(10-14-30-28(22)24)18-32-26(34)12-16-36-2/h3-10,13-14H,11-12,15-18H2,1-2H3,(H,31,33)(H,32,34). The summed E-state index contributed by atoms with van der Waals surface area (Å²) < 4.78 is 9.96. The number of ether oxygens (including phenoxy) is 2. The molecule has 0 saturated heterocycles. The lowest BCUT2D eigenvalue weighted by atomic mass is 10.1. The Labute approximate surface area is 229 Å². The number of carbonyl (C=O) groups excluding carboxylic acids is 2. The summed E-state index contributed by atoms with van der Waals surface area (Å²) in [5.74, 6) is -0.0921. The van der Waals surface area contributed by atoms with Gasteiger partial charge in [0.25, 0.3) is 0 Å². The maximum absolute atomic E-state index is 12.0. The third kappa shape index (κ3) is 7.22. The highest BCUT2D eigenvalue weighted by molar-refractivity contribution is 8.76. The lowest BCUT2D eigenvalue weighted by molar-refractivity contribution is -0.123. The predicted octanol–water partition coefficient (Wildman–Crippen LogP) is 4.89. The van der Waals surface area contributed by atoms with Crippen molar-refractivity contribution in [1.82, 2.24) is 20.6 Å². The van der Waals surface area contributed by atoms with Crippen LogP contribution in [0.15, 0.2) is 70.7 Å². The summed E-state index contributed by atoms with van der Waals surface area (Å²) in [7, 11) is 6.41. The minimum Gasteiger partial charge on any atom is -0.384 e. The molecule has 0 aliphatic carbocycles. The summed E-state index contributed by atoms with van der Waals surface area (Å²) in [5, 5.41) is 7.93. The second-order valence-corrected chi connectivity index (χ2v) is 10.7. The van der Waals surface area contributed by atoms with Gasteiger partial charge in [0.1, 0.15) is 0 Å². The molecular weight excluding hydrogens is 520 g/mol. The van der Waals surface area contributed by atoms with Crippen molar-refractivity contribution in [2.45, 2.75) is 35.7 Å². The highest BCUT2D eigenvalue weighted by atomic mass is 33.1. The number of nitrogens with one attached hydrogen (secondary N) is 2. The molecule has 2 heterocycles. The first kappa shape index (κ1) is 27.8. The van der Waals surface area contributed by atoms with Crippen molar-refractivity contribution in [3.05, 3.63) is 72.1 Å². The fourth-order valence-corrected chi connectivity index (χ4v) is 6.18. The van der Waals surface area contributed by atoms with E-state index >= 15 is 0 Å². The Morgan fingerprint density at radius 1 is 0.711 bits per heavy atom. The number of amides is 2. The molecule has 4 aromatic rings. The second kappa shape index (κ2) is 14.1. The summed E-state index contributed by atoms with van der Waals surface area (Å²) in [6.07, 6.45) is 4.22. The SMILES string of the molecule is COCCC(=O)NCc1ccnc2c(SSc3cccc4c(CNC(=O)CCOC)ccnc34)cccc12. The van der Waals surface area contributed by atoms with Crippen LogP contribution < -0.4 is 10.6 Å². The molecule has 0 fully saturated rings. The van der Waals surface area contributed by atoms with Crippen molar-refractivity contribution in [3.8, 4) is 0 Å². The average molecular weight is 551 g/mol. The van der Waals surface area contributed by atoms with Crippen LogP contribution >= 0.6 is 21.6 Å². The molecule has 2 aromatic heterocycles. The monoisotopic (exact) mass is 550 g/mol. The second-order valence-electron chi connectivity index (χ2n) is 8.45. The lowest BCUT2D eigenvalue weighted by Crippen LogP contribution is -2.23. The maximum atomic E-state index is 12.0. The van der Waals surface area contributed by atoms with E-state index in [1.54, 1.807) is 48.2 Å². The summed E-state index contributed by atoms with van der Waals surface area (Å²) in [6, 6.07) is 16.0. The maximum Gasteiger partial charge on any atom is 0.222 e. The van der Waals surface area contributed by atoms with Gasteiger partial charge in [0, 0.05) is 73.1 Å². The zero-order chi connectivity index (χ0) is 26.7. The van der Waals surface area contributed by atoms with Gasteiger partial charge in [0.05, 0.1) is 24.2 Å². The number of hydrogen-bond acceptors (Lipinski definition) is 8. The van der Waals surface area contributed by atoms with Gasteiger partial charge in [-0.15, -0.1) is 0 Å². The summed E-state index contributed by atoms with van der Waals surface area (Å²) in [5.41, 5.74) is 3.80. The van der Waals surface area contributed by atoms with Crippen molar-refractivity contribution >= 4 is 55.2 Å². The molecule has 2 amide bonds. The molecule has 4 rings (SSSR count). The third-order valence-electron chi connectivity index (χ3n) is 5.89. The van der Waals surface area contributed by atoms with Gasteiger partial charge in [-0.2, -0.15) is 0 Å². The number of aromatic nitrogens is 2. The van der Waals surface area contributed by atoms with Gasteiger partial charge >= 0.3 is 0 Å². The van der Waals surface area contributed by atoms with Gasteiger partial charge in [-0.05, 0) is 35.4 Å². The molecule has 0 atom stereocenters. The van der Waals surface area contributed by atoms with Gasteiger partial charge in [-0.1, -0.05) is 45.9 Å². The van der Waals surface area contributed by atoms with Crippen molar-refractivity contribution < 1.29 is 19.1 Å². The van der Waals surface area contributed by atoms with Crippen LogP contribution in [0.3, 0.4) is 0 Å². The minimum atomic E-state index is -0.0461. The van der Waals surface area contributed by atoms with E-state index in [4.69, 9.17) is 9.47 Å². The van der Waals surface area contributed by atoms with Crippen LogP contribution in [0.4, 0.5) is 0 Å². The first-order valence-corrected chi connectivity index (χ1v) is 14.3. The molecule has 0 unspecified atom stereocenters. The first-order chi connectivity index (χ1) is 18.6. The van der Waals surface area contributed by atoms with Crippen molar-refractivity contribution in [1.29, 1.82) is 0 Å². The molecule has 0 saturated carbocycles. The number of para-hydroxylation sites is 2. The Balaban J connectivity index is 1.49. The van der Waals surface area contributed by atoms with E-state index in [-0.39, 0.29) is 11.8 Å². The molecule has 0 radical (unpaired) electrons. The van der Waals surface area contributed by atoms with Crippen molar-refractivity contribution in [2.75, 3.05) is 27.4 Å². The third-order valence-corrected chi connectivity index (χ3v) is 8.32. The number of pyridine rings is 2. The van der Waals surface area contributed by atoms with E-state index in [1.165, 1.54) is 0 Å². The molecule has 10 heteroatoms. The summed E-state index contributed by atoms with van der Waals surface area (Å²) in [4.78, 5) is 35.4. The first-order valence-electron chi connectivity index (χ1n) is 12.2. The Bertz CT molecular complexity index is 1310. The fraction of sp³-hybridized carbons (Fsp3) is 0.286. The van der Waals surface area contributed by atoms with Crippen LogP contribution in [-0.4, -0.2) is 49.2 Å². The number of methoxy groups -OCH3 is 2. The molecular formula is C28H30N4O4S2. The number of rotatable bonds is 13. The average Bonchev–Trinajstić information content (AvgIpc) is 2.95. The van der Waals surface area contributed by atoms with Crippen LogP contribution in [0.25, 0.3) is 21.8 Å². The molecule has 198 valence electrons. The molecule has 0 aliphatic heterocycles. The largest absolute Gasteiger partial charge is 0.384 e. The van der Waals surface area contributed by atoms with Gasteiger partial charge in [0.15, 0.2) is 0 Å². The number of benzene rings is 2. The zero-order valence-corrected chi connectivity index (χ0v) is 23.0. The van der Waals surface area contributed by atoms with E-state index < -0.39 is 0 Å². The number of carbonyl (C=O) groups is 2. The highest BCUT2D eigenvalue weighted by Crippen LogP contribution is 2.42. The minimum absolute atomic E-state index is 0.0461. The molecule has 0 spiro atoms. The number of nitrogens with zero attached hydrogens (tertiary/aromatic N) is 2. The molecule has 38 heavy (non-hydrogen) atoms. The van der Waals surface area contributed by atoms with Crippen LogP contribution in [-0.2, 0) is 32.2 Å². The van der Waals surface area contributed by atoms with Crippen LogP contribution in [0.1, 0.15) is 24.0 Å². The van der Waals surface area contributed by atoms with Crippen LogP contribution in [0.2, 0.25) is 0 Å². The Morgan fingerprint density at radius 2 is 1.16 bits per heavy atom. The summed E-state index contributed by atoms with van der Waals surface area (Å²) >= 11 is 0. The molecule has 2 aromatic carbocycles. The molecule has 2 N–H and O–H groups in total. The van der Waals surface area contributed by atoms with E-state index in [9.17, 15) is 9.59 Å². The van der Waals surface area contributed by atoms with E-state index in [1.807, 2.05) is 48.5 Å². The van der Waals surface area contributed by atoms with Crippen molar-refractivity contribution in [3.63, 3.8) is 0 Å². The Hall–Kier alpha value is -3.18. The molecule has 8 nitrogen and oxygen atoms in total. The smallest absolute Gasteiger partial charge is 0.222 e. The molecule has 0 aliphatic rings. The predicted molar refractivity (Wildman–Crippen MR) is 152 cm³/mol. The highest BCUT2D eigenvalue weighted by Gasteiger charge is 2.12. The quantitative estimate of drug-likeness (QED) is 0.227. The Kier molecular flexibility index (Phi) is 10.3. The van der Waals surface area contributed by atoms with E-state index in [2.05, 4.69) is 20.6 Å². The molecule has 0 bridgehead atoms. The summed E-state index contributed by atoms with van der Waals surface area (Å²) in [6.45, 7) is 1.66. The van der Waals surface area contributed by atoms with Crippen molar-refractivity contribution in [2.24, 2.45) is 0 Å². The van der Waals surface area contributed by atoms with E-state index in [0.29, 0.717) is 39.1 Å². The van der Waals surface area contributed by atoms with Crippen LogP contribution in [0.5, 0.6) is 0 Å². The van der Waals surface area contributed by atoms with E-state index in [0.717, 1.165) is 42.7 Å². The van der Waals surface area contributed by atoms with Gasteiger partial charge in [-0.25, -0.2) is 0 Å². The normalized spacial score (nSPS) is 11.1. The van der Waals surface area contributed by atoms with Gasteiger partial charge in [0.2, 0.25) is 11.8 Å². The topological polar surface area (TPSA) is 102 Å². The van der Waals surface area contributed by atoms with Crippen LogP contribution in [0, 0.1) is 0 Å². The van der Waals surface area contributed by atoms with Gasteiger partial charge < -0.3 is 20.1 Å². The zero-order valence-electron chi connectivity index (χ0n) is 21.4. The van der Waals surface area contributed by atoms with Gasteiger partial charge in [-0.3, -0.25) is 19.6 Å². The number of fused-ring (bicyclic) bond motifs is 2. The number of hydrogen-bond donors (Lipinski definition) is 2. The fourth-order valence-electron chi connectivity index (χ4n) is 3.90.